The molecule has 0 aliphatic carbocycles. The van der Waals surface area contributed by atoms with Gasteiger partial charge in [0.25, 0.3) is 0 Å². The highest BCUT2D eigenvalue weighted by atomic mass is 79.9. The average molecular weight is 344 g/mol. The van der Waals surface area contributed by atoms with Crippen molar-refractivity contribution >= 4 is 39.3 Å². The van der Waals surface area contributed by atoms with Gasteiger partial charge in [0.2, 0.25) is 0 Å². The fourth-order valence-electron chi connectivity index (χ4n) is 1.58. The summed E-state index contributed by atoms with van der Waals surface area (Å²) in [7, 11) is 1.69. The Bertz CT molecular complexity index is 545. The lowest BCUT2D eigenvalue weighted by atomic mass is 10.2. The van der Waals surface area contributed by atoms with Gasteiger partial charge in [-0.25, -0.2) is 0 Å². The van der Waals surface area contributed by atoms with Gasteiger partial charge in [0.05, 0.1) is 12.1 Å². The second-order valence-corrected chi connectivity index (χ2v) is 6.02. The zero-order chi connectivity index (χ0) is 13.0. The number of methoxy groups -OCH3 is 1. The Morgan fingerprint density at radius 3 is 2.72 bits per heavy atom. The van der Waals surface area contributed by atoms with Crippen molar-refractivity contribution < 1.29 is 4.74 Å². The van der Waals surface area contributed by atoms with Gasteiger partial charge in [0.15, 0.2) is 0 Å². The van der Waals surface area contributed by atoms with Gasteiger partial charge < -0.3 is 4.74 Å². The van der Waals surface area contributed by atoms with E-state index in [-0.39, 0.29) is 0 Å². The first-order valence-corrected chi connectivity index (χ1v) is 7.56. The topological polar surface area (TPSA) is 9.23 Å². The SMILES string of the molecule is COc1ccc(Br)cc1CSc1ccccc1Cl. The molecule has 4 heteroatoms. The average Bonchev–Trinajstić information content (AvgIpc) is 2.38. The van der Waals surface area contributed by atoms with E-state index >= 15 is 0 Å². The van der Waals surface area contributed by atoms with E-state index in [0.717, 1.165) is 31.5 Å². The molecule has 94 valence electrons. The molecule has 0 saturated heterocycles. The molecule has 0 bridgehead atoms. The molecule has 0 aromatic heterocycles. The standard InChI is InChI=1S/C14H12BrClOS/c1-17-13-7-6-11(15)8-10(13)9-18-14-5-3-2-4-12(14)16/h2-8H,9H2,1H3. The van der Waals surface area contributed by atoms with Crippen LogP contribution in [-0.2, 0) is 5.75 Å². The third-order valence-corrected chi connectivity index (χ3v) is 4.52. The quantitative estimate of drug-likeness (QED) is 0.687. The van der Waals surface area contributed by atoms with E-state index in [1.54, 1.807) is 18.9 Å². The van der Waals surface area contributed by atoms with E-state index in [0.29, 0.717) is 0 Å². The van der Waals surface area contributed by atoms with Gasteiger partial charge in [0, 0.05) is 20.7 Å². The van der Waals surface area contributed by atoms with Crippen LogP contribution in [0, 0.1) is 0 Å². The molecular weight excluding hydrogens is 332 g/mol. The van der Waals surface area contributed by atoms with Crippen LogP contribution in [0.1, 0.15) is 5.56 Å². The summed E-state index contributed by atoms with van der Waals surface area (Å²) in [4.78, 5) is 1.08. The minimum Gasteiger partial charge on any atom is -0.496 e. The summed E-state index contributed by atoms with van der Waals surface area (Å²) in [5.41, 5.74) is 1.15. The molecule has 2 rings (SSSR count). The first-order chi connectivity index (χ1) is 8.70. The molecular formula is C14H12BrClOS. The lowest BCUT2D eigenvalue weighted by Gasteiger charge is -2.09. The fourth-order valence-corrected chi connectivity index (χ4v) is 3.20. The maximum atomic E-state index is 6.13. The summed E-state index contributed by atoms with van der Waals surface area (Å²) in [6.45, 7) is 0. The molecule has 18 heavy (non-hydrogen) atoms. The van der Waals surface area contributed by atoms with Crippen molar-refractivity contribution in [1.29, 1.82) is 0 Å². The Hall–Kier alpha value is -0.640. The maximum Gasteiger partial charge on any atom is 0.122 e. The summed E-state index contributed by atoms with van der Waals surface area (Å²) in [6, 6.07) is 13.9. The minimum absolute atomic E-state index is 0.788. The molecule has 0 fully saturated rings. The summed E-state index contributed by atoms with van der Waals surface area (Å²) in [5.74, 6) is 1.73. The predicted octanol–water partition coefficient (Wildman–Crippen LogP) is 5.40. The van der Waals surface area contributed by atoms with Crippen molar-refractivity contribution in [2.75, 3.05) is 7.11 Å². The second-order valence-electron chi connectivity index (χ2n) is 3.68. The van der Waals surface area contributed by atoms with Crippen LogP contribution in [0.3, 0.4) is 0 Å². The van der Waals surface area contributed by atoms with E-state index in [1.807, 2.05) is 36.4 Å². The predicted molar refractivity (Wildman–Crippen MR) is 81.7 cm³/mol. The highest BCUT2D eigenvalue weighted by Crippen LogP contribution is 2.33. The van der Waals surface area contributed by atoms with Crippen molar-refractivity contribution in [3.63, 3.8) is 0 Å². The van der Waals surface area contributed by atoms with E-state index in [9.17, 15) is 0 Å². The molecule has 0 spiro atoms. The van der Waals surface area contributed by atoms with Crippen LogP contribution in [0.2, 0.25) is 5.02 Å². The van der Waals surface area contributed by atoms with E-state index in [2.05, 4.69) is 22.0 Å². The Labute approximate surface area is 125 Å². The van der Waals surface area contributed by atoms with E-state index < -0.39 is 0 Å². The molecule has 0 amide bonds. The zero-order valence-corrected chi connectivity index (χ0v) is 13.0. The molecule has 0 unspecified atom stereocenters. The highest BCUT2D eigenvalue weighted by molar-refractivity contribution is 9.10. The first-order valence-electron chi connectivity index (χ1n) is 5.40. The molecule has 2 aromatic rings. The number of ether oxygens (including phenoxy) is 1. The number of hydrogen-bond donors (Lipinski definition) is 0. The van der Waals surface area contributed by atoms with Gasteiger partial charge in [-0.05, 0) is 30.3 Å². The summed E-state index contributed by atoms with van der Waals surface area (Å²) in [5, 5.41) is 0.788. The van der Waals surface area contributed by atoms with E-state index in [1.165, 1.54) is 0 Å². The largest absolute Gasteiger partial charge is 0.496 e. The Morgan fingerprint density at radius 2 is 2.00 bits per heavy atom. The monoisotopic (exact) mass is 342 g/mol. The Balaban J connectivity index is 2.15. The molecule has 1 nitrogen and oxygen atoms in total. The van der Waals surface area contributed by atoms with Crippen molar-refractivity contribution in [2.45, 2.75) is 10.6 Å². The second kappa shape index (κ2) is 6.50. The van der Waals surface area contributed by atoms with Crippen molar-refractivity contribution in [3.8, 4) is 5.75 Å². The molecule has 0 heterocycles. The fraction of sp³-hybridized carbons (Fsp3) is 0.143. The van der Waals surface area contributed by atoms with Crippen molar-refractivity contribution in [2.24, 2.45) is 0 Å². The normalized spacial score (nSPS) is 10.4. The zero-order valence-electron chi connectivity index (χ0n) is 9.82. The van der Waals surface area contributed by atoms with Gasteiger partial charge in [-0.1, -0.05) is 39.7 Å². The Morgan fingerprint density at radius 1 is 1.22 bits per heavy atom. The van der Waals surface area contributed by atoms with Crippen LogP contribution in [0.4, 0.5) is 0 Å². The van der Waals surface area contributed by atoms with Gasteiger partial charge >= 0.3 is 0 Å². The van der Waals surface area contributed by atoms with Crippen molar-refractivity contribution in [1.82, 2.24) is 0 Å². The number of thioether (sulfide) groups is 1. The highest BCUT2D eigenvalue weighted by Gasteiger charge is 2.06. The van der Waals surface area contributed by atoms with Gasteiger partial charge in [-0.15, -0.1) is 11.8 Å². The third-order valence-electron chi connectivity index (χ3n) is 2.46. The minimum atomic E-state index is 0.788. The van der Waals surface area contributed by atoms with Crippen LogP contribution in [0.15, 0.2) is 51.8 Å². The third kappa shape index (κ3) is 3.44. The van der Waals surface area contributed by atoms with Crippen LogP contribution < -0.4 is 4.74 Å². The smallest absolute Gasteiger partial charge is 0.122 e. The van der Waals surface area contributed by atoms with E-state index in [4.69, 9.17) is 16.3 Å². The molecule has 2 aromatic carbocycles. The van der Waals surface area contributed by atoms with Gasteiger partial charge in [-0.3, -0.25) is 0 Å². The lowest BCUT2D eigenvalue weighted by Crippen LogP contribution is -1.90. The van der Waals surface area contributed by atoms with Crippen LogP contribution in [-0.4, -0.2) is 7.11 Å². The summed E-state index contributed by atoms with van der Waals surface area (Å²) in [6.07, 6.45) is 0. The molecule has 0 N–H and O–H groups in total. The first kappa shape index (κ1) is 13.8. The molecule has 0 saturated carbocycles. The molecule has 0 radical (unpaired) electrons. The number of halogens is 2. The van der Waals surface area contributed by atoms with Gasteiger partial charge in [0.1, 0.15) is 5.75 Å². The Kier molecular flexibility index (Phi) is 4.98. The van der Waals surface area contributed by atoms with Crippen molar-refractivity contribution in [3.05, 3.63) is 57.5 Å². The van der Waals surface area contributed by atoms with Crippen LogP contribution in [0.25, 0.3) is 0 Å². The lowest BCUT2D eigenvalue weighted by molar-refractivity contribution is 0.411. The number of benzene rings is 2. The molecule has 0 atom stereocenters. The summed E-state index contributed by atoms with van der Waals surface area (Å²) >= 11 is 11.3. The molecule has 0 aliphatic rings. The van der Waals surface area contributed by atoms with Crippen LogP contribution in [0.5, 0.6) is 5.75 Å². The van der Waals surface area contributed by atoms with Gasteiger partial charge in [-0.2, -0.15) is 0 Å². The molecule has 0 aliphatic heterocycles. The number of rotatable bonds is 4. The number of hydrogen-bond acceptors (Lipinski definition) is 2. The summed E-state index contributed by atoms with van der Waals surface area (Å²) < 4.78 is 6.41. The maximum absolute atomic E-state index is 6.13. The van der Waals surface area contributed by atoms with Crippen LogP contribution >= 0.6 is 39.3 Å².